The number of hydrogen-bond acceptors (Lipinski definition) is 0. The van der Waals surface area contributed by atoms with Gasteiger partial charge in [-0.3, -0.25) is 5.69 Å². The smallest absolute Gasteiger partial charge is 0.757 e. The van der Waals surface area contributed by atoms with Crippen LogP contribution in [0.15, 0.2) is 54.6 Å². The van der Waals surface area contributed by atoms with Crippen molar-refractivity contribution < 1.29 is 21.7 Å². The fraction of sp³-hybridized carbons (Fsp3) is 0. The van der Waals surface area contributed by atoms with E-state index < -0.39 is 0 Å². The second-order valence-electron chi connectivity index (χ2n) is 2.14. The Morgan fingerprint density at radius 3 is 1.58 bits per heavy atom. The molecule has 0 aliphatic rings. The molecule has 0 atom stereocenters. The predicted octanol–water partition coefficient (Wildman–Crippen LogP) is 3.49. The normalized spacial score (nSPS) is 7.67. The summed E-state index contributed by atoms with van der Waals surface area (Å²) in [7, 11) is 0. The minimum atomic E-state index is 0. The molecule has 1 N–H and O–H groups in total. The molecule has 1 radical (unpaired) electrons. The molecule has 2 aromatic rings. The Hall–Kier alpha value is -0.786. The third-order valence-electron chi connectivity index (χ3n) is 1.22. The van der Waals surface area contributed by atoms with Gasteiger partial charge in [0.05, 0.1) is 0 Å². The quantitative estimate of drug-likeness (QED) is 0.450. The van der Waals surface area contributed by atoms with Crippen LogP contribution in [0.1, 0.15) is 0 Å². The van der Waals surface area contributed by atoms with Crippen LogP contribution in [0.4, 0.5) is 5.69 Å². The Labute approximate surface area is 87.8 Å². The zero-order valence-corrected chi connectivity index (χ0v) is 8.26. The van der Waals surface area contributed by atoms with Gasteiger partial charge in [0, 0.05) is 0 Å². The van der Waals surface area contributed by atoms with Crippen molar-refractivity contribution in [3.8, 4) is 0 Å². The molecule has 0 unspecified atom stereocenters. The molecule has 59 valence electrons. The summed E-state index contributed by atoms with van der Waals surface area (Å²) in [5.74, 6) is 0. The van der Waals surface area contributed by atoms with Crippen LogP contribution in [-0.4, -0.2) is 0 Å². The summed E-state index contributed by atoms with van der Waals surface area (Å²) in [5.41, 5.74) is 7.47. The SMILES string of the molecule is [NH-][c-]1cccc1.[Ti+3].c1cc[cH-]c1. The molecule has 0 heterocycles. The molecule has 2 rings (SSSR count). The molecule has 2 heteroatoms. The van der Waals surface area contributed by atoms with Crippen molar-refractivity contribution in [2.45, 2.75) is 0 Å². The Kier molecular flexibility index (Phi) is 6.44. The molecule has 0 spiro atoms. The summed E-state index contributed by atoms with van der Waals surface area (Å²) in [5, 5.41) is 0. The van der Waals surface area contributed by atoms with Crippen molar-refractivity contribution in [2.24, 2.45) is 0 Å². The van der Waals surface area contributed by atoms with Crippen LogP contribution in [0.25, 0.3) is 5.73 Å². The Bertz CT molecular complexity index is 228. The summed E-state index contributed by atoms with van der Waals surface area (Å²) in [6, 6.07) is 17.2. The van der Waals surface area contributed by atoms with Crippen LogP contribution >= 0.6 is 0 Å². The largest absolute Gasteiger partial charge is 3.00 e. The Balaban J connectivity index is 0.000000189. The van der Waals surface area contributed by atoms with E-state index in [2.05, 4.69) is 0 Å². The summed E-state index contributed by atoms with van der Waals surface area (Å²) in [6.07, 6.45) is 0. The molecule has 0 amide bonds. The van der Waals surface area contributed by atoms with E-state index >= 15 is 0 Å². The zero-order valence-electron chi connectivity index (χ0n) is 6.70. The average molecular weight is 192 g/mol. The molecule has 1 nitrogen and oxygen atoms in total. The van der Waals surface area contributed by atoms with E-state index in [1.54, 1.807) is 12.1 Å². The van der Waals surface area contributed by atoms with Gasteiger partial charge in [-0.25, -0.2) is 36.4 Å². The fourth-order valence-electron chi connectivity index (χ4n) is 0.695. The van der Waals surface area contributed by atoms with Crippen molar-refractivity contribution in [3.63, 3.8) is 0 Å². The van der Waals surface area contributed by atoms with Crippen molar-refractivity contribution in [1.29, 1.82) is 0 Å². The predicted molar refractivity (Wildman–Crippen MR) is 48.1 cm³/mol. The van der Waals surface area contributed by atoms with E-state index in [0.29, 0.717) is 5.69 Å². The van der Waals surface area contributed by atoms with Crippen LogP contribution in [0.2, 0.25) is 0 Å². The third-order valence-corrected chi connectivity index (χ3v) is 1.22. The van der Waals surface area contributed by atoms with Gasteiger partial charge >= 0.3 is 21.7 Å². The number of nitrogens with one attached hydrogen (secondary N) is 1. The van der Waals surface area contributed by atoms with Crippen LogP contribution in [-0.2, 0) is 21.7 Å². The Morgan fingerprint density at radius 2 is 1.42 bits per heavy atom. The van der Waals surface area contributed by atoms with E-state index in [-0.39, 0.29) is 21.7 Å². The first-order chi connectivity index (χ1) is 5.39. The van der Waals surface area contributed by atoms with E-state index in [1.807, 2.05) is 42.5 Å². The van der Waals surface area contributed by atoms with Crippen LogP contribution < -0.4 is 0 Å². The van der Waals surface area contributed by atoms with Gasteiger partial charge in [-0.15, -0.1) is 0 Å². The van der Waals surface area contributed by atoms with Gasteiger partial charge in [0.1, 0.15) is 0 Å². The molecule has 0 aliphatic carbocycles. The van der Waals surface area contributed by atoms with E-state index in [4.69, 9.17) is 5.73 Å². The van der Waals surface area contributed by atoms with Crippen molar-refractivity contribution in [1.82, 2.24) is 0 Å². The van der Waals surface area contributed by atoms with Gasteiger partial charge < -0.3 is 5.73 Å². The van der Waals surface area contributed by atoms with Crippen LogP contribution in [0, 0.1) is 0 Å². The summed E-state index contributed by atoms with van der Waals surface area (Å²) in [4.78, 5) is 0. The van der Waals surface area contributed by atoms with Crippen molar-refractivity contribution in [2.75, 3.05) is 0 Å². The maximum absolute atomic E-state index is 6.88. The topological polar surface area (TPSA) is 23.8 Å². The van der Waals surface area contributed by atoms with E-state index in [1.165, 1.54) is 0 Å². The molecule has 0 saturated carbocycles. The van der Waals surface area contributed by atoms with E-state index in [0.717, 1.165) is 0 Å². The van der Waals surface area contributed by atoms with Gasteiger partial charge in [0.2, 0.25) is 0 Å². The Morgan fingerprint density at radius 1 is 0.917 bits per heavy atom. The molecular weight excluding hydrogens is 182 g/mol. The van der Waals surface area contributed by atoms with Gasteiger partial charge in [-0.05, 0) is 0 Å². The molecule has 0 aliphatic heterocycles. The van der Waals surface area contributed by atoms with Gasteiger partial charge in [0.25, 0.3) is 0 Å². The van der Waals surface area contributed by atoms with Gasteiger partial charge in [0.15, 0.2) is 0 Å². The standard InChI is InChI=1S/C5H5N.C5H5.Ti/c6-5-3-1-2-4-5;1-2-4-5-3-1;/h1-4,6H;1-5H;/q-2;-1;+3. The second kappa shape index (κ2) is 6.90. The molecule has 0 fully saturated rings. The molecular formula is C10H10NTi. The maximum Gasteiger partial charge on any atom is 3.00 e. The molecule has 2 aromatic carbocycles. The zero-order chi connectivity index (χ0) is 7.94. The molecule has 12 heavy (non-hydrogen) atoms. The molecule has 0 bridgehead atoms. The van der Waals surface area contributed by atoms with Gasteiger partial charge in [-0.1, -0.05) is 0 Å². The van der Waals surface area contributed by atoms with Gasteiger partial charge in [-0.2, -0.15) is 18.2 Å². The summed E-state index contributed by atoms with van der Waals surface area (Å²) >= 11 is 0. The average Bonchev–Trinajstić information content (AvgIpc) is 2.57. The first-order valence-corrected chi connectivity index (χ1v) is 3.49. The number of rotatable bonds is 0. The van der Waals surface area contributed by atoms with Crippen LogP contribution in [0.5, 0.6) is 0 Å². The van der Waals surface area contributed by atoms with E-state index in [9.17, 15) is 0 Å². The molecule has 0 aromatic heterocycles. The summed E-state index contributed by atoms with van der Waals surface area (Å²) < 4.78 is 0. The first-order valence-electron chi connectivity index (χ1n) is 3.49. The summed E-state index contributed by atoms with van der Waals surface area (Å²) in [6.45, 7) is 0. The van der Waals surface area contributed by atoms with Crippen molar-refractivity contribution in [3.05, 3.63) is 60.3 Å². The first kappa shape index (κ1) is 11.2. The second-order valence-corrected chi connectivity index (χ2v) is 2.14. The maximum atomic E-state index is 6.88. The number of hydrogen-bond donors (Lipinski definition) is 0. The fourth-order valence-corrected chi connectivity index (χ4v) is 0.695. The monoisotopic (exact) mass is 192 g/mol. The minimum Gasteiger partial charge on any atom is -0.757 e. The minimum absolute atomic E-state index is 0. The third kappa shape index (κ3) is 4.94. The van der Waals surface area contributed by atoms with Crippen molar-refractivity contribution >= 4 is 5.69 Å². The van der Waals surface area contributed by atoms with Crippen LogP contribution in [0.3, 0.4) is 0 Å². The molecule has 0 saturated heterocycles.